The molecule has 3 aromatic rings. The fourth-order valence-electron chi connectivity index (χ4n) is 2.37. The molecule has 1 N–H and O–H groups in total. The van der Waals surface area contributed by atoms with E-state index >= 15 is 0 Å². The van der Waals surface area contributed by atoms with Crippen molar-refractivity contribution in [2.75, 3.05) is 0 Å². The van der Waals surface area contributed by atoms with Gasteiger partial charge in [0.05, 0.1) is 12.2 Å². The molecule has 0 bridgehead atoms. The molecule has 0 saturated heterocycles. The van der Waals surface area contributed by atoms with Crippen molar-refractivity contribution in [1.29, 1.82) is 0 Å². The van der Waals surface area contributed by atoms with Gasteiger partial charge in [-0.25, -0.2) is 0 Å². The van der Waals surface area contributed by atoms with Crippen molar-refractivity contribution >= 4 is 16.7 Å². The maximum Gasteiger partial charge on any atom is 0.253 e. The van der Waals surface area contributed by atoms with E-state index in [1.807, 2.05) is 42.6 Å². The third-order valence-electron chi connectivity index (χ3n) is 3.36. The minimum Gasteiger partial charge on any atom is -0.340 e. The minimum atomic E-state index is -0.119. The first-order chi connectivity index (χ1) is 9.65. The summed E-state index contributed by atoms with van der Waals surface area (Å²) in [5.41, 5.74) is 1.95. The van der Waals surface area contributed by atoms with E-state index in [1.54, 1.807) is 10.6 Å². The maximum atomic E-state index is 12.1. The molecule has 4 heteroatoms. The third kappa shape index (κ3) is 2.16. The summed E-state index contributed by atoms with van der Waals surface area (Å²) in [6.07, 6.45) is 1.81. The van der Waals surface area contributed by atoms with Crippen LogP contribution >= 0.6 is 0 Å². The van der Waals surface area contributed by atoms with Gasteiger partial charge in [-0.05, 0) is 29.7 Å². The zero-order valence-electron chi connectivity index (χ0n) is 11.1. The Morgan fingerprint density at radius 1 is 1.20 bits per heavy atom. The topological polar surface area (TPSA) is 54.9 Å². The van der Waals surface area contributed by atoms with Crippen LogP contribution in [0.4, 0.5) is 0 Å². The Balaban J connectivity index is 2.06. The van der Waals surface area contributed by atoms with Crippen LogP contribution < -0.4 is 5.56 Å². The Kier molecular flexibility index (Phi) is 2.99. The highest BCUT2D eigenvalue weighted by Gasteiger charge is 2.08. The number of fused-ring (bicyclic) bond motifs is 1. The van der Waals surface area contributed by atoms with Crippen molar-refractivity contribution in [2.45, 2.75) is 13.5 Å². The molecule has 2 aromatic heterocycles. The Bertz CT molecular complexity index is 843. The lowest BCUT2D eigenvalue weighted by Gasteiger charge is -2.07. The number of nitrogens with one attached hydrogen (secondary N) is 1. The second kappa shape index (κ2) is 4.81. The fraction of sp³-hybridized carbons (Fsp3) is 0.125. The number of hydrogen-bond donors (Lipinski definition) is 1. The normalized spacial score (nSPS) is 10.8. The van der Waals surface area contributed by atoms with Gasteiger partial charge < -0.3 is 9.55 Å². The summed E-state index contributed by atoms with van der Waals surface area (Å²) in [5, 5.41) is 0.985. The molecule has 0 aliphatic carbocycles. The Morgan fingerprint density at radius 2 is 2.00 bits per heavy atom. The quantitative estimate of drug-likeness (QED) is 0.741. The number of ketones is 1. The number of Topliss-reactive ketones (excluding diaryl/α,β-unsaturated/α-hetero) is 1. The van der Waals surface area contributed by atoms with E-state index in [1.165, 1.54) is 6.92 Å². The molecule has 2 heterocycles. The van der Waals surface area contributed by atoms with Crippen LogP contribution in [0.2, 0.25) is 0 Å². The summed E-state index contributed by atoms with van der Waals surface area (Å²) in [6.45, 7) is 1.92. The highest BCUT2D eigenvalue weighted by Crippen LogP contribution is 2.12. The number of aromatic nitrogens is 2. The van der Waals surface area contributed by atoms with Crippen LogP contribution in [-0.4, -0.2) is 15.3 Å². The number of aromatic amines is 1. The Morgan fingerprint density at radius 3 is 2.80 bits per heavy atom. The molecule has 0 saturated carbocycles. The number of para-hydroxylation sites is 1. The minimum absolute atomic E-state index is 0.00721. The zero-order valence-corrected chi connectivity index (χ0v) is 11.1. The summed E-state index contributed by atoms with van der Waals surface area (Å²) in [6, 6.07) is 13.1. The average Bonchev–Trinajstić information content (AvgIpc) is 2.88. The van der Waals surface area contributed by atoms with Gasteiger partial charge in [-0.3, -0.25) is 9.59 Å². The summed E-state index contributed by atoms with van der Waals surface area (Å²) in [4.78, 5) is 26.5. The van der Waals surface area contributed by atoms with Crippen molar-refractivity contribution in [1.82, 2.24) is 9.55 Å². The molecule has 0 spiro atoms. The smallest absolute Gasteiger partial charge is 0.253 e. The van der Waals surface area contributed by atoms with Gasteiger partial charge in [0.15, 0.2) is 5.78 Å². The maximum absolute atomic E-state index is 12.1. The van der Waals surface area contributed by atoms with Crippen LogP contribution in [0.25, 0.3) is 10.9 Å². The zero-order chi connectivity index (χ0) is 14.1. The molecule has 20 heavy (non-hydrogen) atoms. The number of nitrogens with zero attached hydrogens (tertiary/aromatic N) is 1. The SMILES string of the molecule is CC(=O)c1cccn1Cc1cc2ccccc2[nH]c1=O. The molecule has 3 rings (SSSR count). The first-order valence-electron chi connectivity index (χ1n) is 6.42. The lowest BCUT2D eigenvalue weighted by molar-refractivity contribution is 0.100. The van der Waals surface area contributed by atoms with Crippen LogP contribution in [0.1, 0.15) is 23.0 Å². The van der Waals surface area contributed by atoms with Gasteiger partial charge in [-0.1, -0.05) is 18.2 Å². The number of rotatable bonds is 3. The van der Waals surface area contributed by atoms with Crippen LogP contribution in [0, 0.1) is 0 Å². The number of pyridine rings is 1. The van der Waals surface area contributed by atoms with E-state index in [-0.39, 0.29) is 11.3 Å². The molecule has 0 fully saturated rings. The lowest BCUT2D eigenvalue weighted by Crippen LogP contribution is -2.17. The van der Waals surface area contributed by atoms with Gasteiger partial charge in [0.25, 0.3) is 5.56 Å². The molecule has 0 atom stereocenters. The number of benzene rings is 1. The summed E-state index contributed by atoms with van der Waals surface area (Å²) in [7, 11) is 0. The van der Waals surface area contributed by atoms with E-state index < -0.39 is 0 Å². The summed E-state index contributed by atoms with van der Waals surface area (Å²) in [5.74, 6) is -0.00721. The molecule has 0 aliphatic heterocycles. The predicted molar refractivity (Wildman–Crippen MR) is 78.1 cm³/mol. The van der Waals surface area contributed by atoms with Crippen molar-refractivity contribution in [3.8, 4) is 0 Å². The molecule has 1 aromatic carbocycles. The highest BCUT2D eigenvalue weighted by atomic mass is 16.1. The van der Waals surface area contributed by atoms with Crippen molar-refractivity contribution in [3.05, 3.63) is 70.3 Å². The second-order valence-corrected chi connectivity index (χ2v) is 4.79. The number of H-pyrrole nitrogens is 1. The van der Waals surface area contributed by atoms with Crippen LogP contribution in [-0.2, 0) is 6.54 Å². The number of carbonyl (C=O) groups excluding carboxylic acids is 1. The van der Waals surface area contributed by atoms with Crippen LogP contribution in [0.5, 0.6) is 0 Å². The lowest BCUT2D eigenvalue weighted by atomic mass is 10.1. The monoisotopic (exact) mass is 266 g/mol. The van der Waals surface area contributed by atoms with E-state index in [0.717, 1.165) is 10.9 Å². The molecule has 0 radical (unpaired) electrons. The van der Waals surface area contributed by atoms with Crippen molar-refractivity contribution < 1.29 is 4.79 Å². The third-order valence-corrected chi connectivity index (χ3v) is 3.36. The Labute approximate surface area is 115 Å². The number of hydrogen-bond acceptors (Lipinski definition) is 2. The first kappa shape index (κ1) is 12.4. The first-order valence-corrected chi connectivity index (χ1v) is 6.42. The Hall–Kier alpha value is -2.62. The van der Waals surface area contributed by atoms with Gasteiger partial charge in [-0.2, -0.15) is 0 Å². The van der Waals surface area contributed by atoms with Gasteiger partial charge >= 0.3 is 0 Å². The molecule has 0 unspecified atom stereocenters. The second-order valence-electron chi connectivity index (χ2n) is 4.79. The molecular formula is C16H14N2O2. The highest BCUT2D eigenvalue weighted by molar-refractivity contribution is 5.92. The van der Waals surface area contributed by atoms with Crippen LogP contribution in [0.15, 0.2) is 53.5 Å². The molecule has 0 amide bonds. The largest absolute Gasteiger partial charge is 0.340 e. The van der Waals surface area contributed by atoms with Gasteiger partial charge in [0, 0.05) is 24.2 Å². The standard InChI is InChI=1S/C16H14N2O2/c1-11(19)15-7-4-8-18(15)10-13-9-12-5-2-3-6-14(12)17-16(13)20/h2-9H,10H2,1H3,(H,17,20). The summed E-state index contributed by atoms with van der Waals surface area (Å²) < 4.78 is 1.79. The van der Waals surface area contributed by atoms with Crippen molar-refractivity contribution in [3.63, 3.8) is 0 Å². The summed E-state index contributed by atoms with van der Waals surface area (Å²) >= 11 is 0. The van der Waals surface area contributed by atoms with E-state index in [2.05, 4.69) is 4.98 Å². The van der Waals surface area contributed by atoms with E-state index in [9.17, 15) is 9.59 Å². The van der Waals surface area contributed by atoms with Gasteiger partial charge in [0.1, 0.15) is 0 Å². The molecule has 0 aliphatic rings. The van der Waals surface area contributed by atoms with E-state index in [4.69, 9.17) is 0 Å². The molecular weight excluding hydrogens is 252 g/mol. The van der Waals surface area contributed by atoms with Gasteiger partial charge in [0.2, 0.25) is 0 Å². The van der Waals surface area contributed by atoms with Crippen LogP contribution in [0.3, 0.4) is 0 Å². The van der Waals surface area contributed by atoms with E-state index in [0.29, 0.717) is 17.8 Å². The molecule has 4 nitrogen and oxygen atoms in total. The number of carbonyl (C=O) groups is 1. The van der Waals surface area contributed by atoms with Gasteiger partial charge in [-0.15, -0.1) is 0 Å². The average molecular weight is 266 g/mol. The predicted octanol–water partition coefficient (Wildman–Crippen LogP) is 2.58. The molecule has 100 valence electrons. The van der Waals surface area contributed by atoms with Crippen molar-refractivity contribution in [2.24, 2.45) is 0 Å². The fourth-order valence-corrected chi connectivity index (χ4v) is 2.37.